The van der Waals surface area contributed by atoms with Crippen molar-refractivity contribution in [1.82, 2.24) is 5.32 Å². The summed E-state index contributed by atoms with van der Waals surface area (Å²) in [7, 11) is 0. The third kappa shape index (κ3) is 5.72. The fourth-order valence-corrected chi connectivity index (χ4v) is 2.04. The molecule has 1 rings (SSSR count). The Labute approximate surface area is 116 Å². The minimum absolute atomic E-state index is 0.319. The predicted octanol–water partition coefficient (Wildman–Crippen LogP) is 2.59. The molecular formula is C16H27NO2. The maximum absolute atomic E-state index is 10.0. The van der Waals surface area contributed by atoms with E-state index in [1.165, 1.54) is 5.56 Å². The van der Waals surface area contributed by atoms with Crippen LogP contribution < -0.4 is 5.32 Å². The zero-order chi connectivity index (χ0) is 14.3. The lowest BCUT2D eigenvalue weighted by Gasteiger charge is -2.15. The lowest BCUT2D eigenvalue weighted by molar-refractivity contribution is 0.140. The van der Waals surface area contributed by atoms with Gasteiger partial charge < -0.3 is 15.5 Å². The standard InChI is InChI=1S/C16H27NO2/c1-4-5-15(18)10-17-11-16(19)14-8-6-13(7-9-14)12(2)3/h6-9,12,15-19H,4-5,10-11H2,1-3H3. The molecule has 0 amide bonds. The topological polar surface area (TPSA) is 52.5 Å². The average Bonchev–Trinajstić information content (AvgIpc) is 2.39. The SMILES string of the molecule is CCCC(O)CNCC(O)c1ccc(C(C)C)cc1. The summed E-state index contributed by atoms with van der Waals surface area (Å²) in [6, 6.07) is 8.08. The number of aliphatic hydroxyl groups is 2. The molecule has 0 radical (unpaired) electrons. The van der Waals surface area contributed by atoms with Gasteiger partial charge in [0, 0.05) is 13.1 Å². The van der Waals surface area contributed by atoms with Crippen LogP contribution in [-0.2, 0) is 0 Å². The highest BCUT2D eigenvalue weighted by molar-refractivity contribution is 5.26. The van der Waals surface area contributed by atoms with E-state index in [4.69, 9.17) is 0 Å². The van der Waals surface area contributed by atoms with E-state index in [1.807, 2.05) is 19.1 Å². The quantitative estimate of drug-likeness (QED) is 0.677. The highest BCUT2D eigenvalue weighted by Crippen LogP contribution is 2.18. The summed E-state index contributed by atoms with van der Waals surface area (Å²) in [6.07, 6.45) is 0.935. The van der Waals surface area contributed by atoms with Gasteiger partial charge in [-0.05, 0) is 23.5 Å². The van der Waals surface area contributed by atoms with Crippen LogP contribution in [0.25, 0.3) is 0 Å². The van der Waals surface area contributed by atoms with Crippen molar-refractivity contribution >= 4 is 0 Å². The molecule has 0 bridgehead atoms. The van der Waals surface area contributed by atoms with Gasteiger partial charge in [-0.2, -0.15) is 0 Å². The Morgan fingerprint density at radius 1 is 1.00 bits per heavy atom. The van der Waals surface area contributed by atoms with Gasteiger partial charge in [0.1, 0.15) is 0 Å². The Morgan fingerprint density at radius 2 is 1.58 bits per heavy atom. The lowest BCUT2D eigenvalue weighted by Crippen LogP contribution is -2.30. The molecule has 0 saturated heterocycles. The molecule has 108 valence electrons. The van der Waals surface area contributed by atoms with E-state index < -0.39 is 6.10 Å². The lowest BCUT2D eigenvalue weighted by atomic mass is 10.00. The molecule has 0 heterocycles. The number of hydrogen-bond acceptors (Lipinski definition) is 3. The Kier molecular flexibility index (Phi) is 7.06. The summed E-state index contributed by atoms with van der Waals surface area (Å²) in [4.78, 5) is 0. The molecule has 19 heavy (non-hydrogen) atoms. The van der Waals surface area contributed by atoms with Crippen molar-refractivity contribution < 1.29 is 10.2 Å². The van der Waals surface area contributed by atoms with Gasteiger partial charge >= 0.3 is 0 Å². The first-order chi connectivity index (χ1) is 9.04. The zero-order valence-electron chi connectivity index (χ0n) is 12.3. The first-order valence-electron chi connectivity index (χ1n) is 7.21. The Morgan fingerprint density at radius 3 is 2.11 bits per heavy atom. The van der Waals surface area contributed by atoms with E-state index >= 15 is 0 Å². The Hall–Kier alpha value is -0.900. The molecule has 1 aromatic rings. The molecule has 3 nitrogen and oxygen atoms in total. The van der Waals surface area contributed by atoms with Crippen LogP contribution in [0.5, 0.6) is 0 Å². The second kappa shape index (κ2) is 8.31. The fourth-order valence-electron chi connectivity index (χ4n) is 2.04. The van der Waals surface area contributed by atoms with Crippen LogP contribution in [0.4, 0.5) is 0 Å². The monoisotopic (exact) mass is 265 g/mol. The third-order valence-corrected chi connectivity index (χ3v) is 3.33. The minimum atomic E-state index is -0.518. The van der Waals surface area contributed by atoms with Crippen LogP contribution >= 0.6 is 0 Å². The molecule has 1 aromatic carbocycles. The van der Waals surface area contributed by atoms with Crippen molar-refractivity contribution in [2.45, 2.75) is 51.7 Å². The molecule has 0 aliphatic carbocycles. The molecule has 0 fully saturated rings. The van der Waals surface area contributed by atoms with Gasteiger partial charge in [0.2, 0.25) is 0 Å². The van der Waals surface area contributed by atoms with E-state index in [0.717, 1.165) is 18.4 Å². The van der Waals surface area contributed by atoms with Gasteiger partial charge in [-0.3, -0.25) is 0 Å². The van der Waals surface area contributed by atoms with Crippen molar-refractivity contribution in [2.24, 2.45) is 0 Å². The van der Waals surface area contributed by atoms with E-state index in [0.29, 0.717) is 19.0 Å². The van der Waals surface area contributed by atoms with E-state index in [1.54, 1.807) is 0 Å². The van der Waals surface area contributed by atoms with Gasteiger partial charge in [0.15, 0.2) is 0 Å². The molecule has 3 N–H and O–H groups in total. The summed E-state index contributed by atoms with van der Waals surface area (Å²) in [6.45, 7) is 7.37. The second-order valence-corrected chi connectivity index (χ2v) is 5.44. The van der Waals surface area contributed by atoms with E-state index in [9.17, 15) is 10.2 Å². The number of rotatable bonds is 8. The molecule has 3 heteroatoms. The second-order valence-electron chi connectivity index (χ2n) is 5.44. The van der Waals surface area contributed by atoms with Crippen molar-refractivity contribution in [2.75, 3.05) is 13.1 Å². The highest BCUT2D eigenvalue weighted by atomic mass is 16.3. The van der Waals surface area contributed by atoms with E-state index in [2.05, 4.69) is 31.3 Å². The first-order valence-corrected chi connectivity index (χ1v) is 7.21. The van der Waals surface area contributed by atoms with Gasteiger partial charge in [0.25, 0.3) is 0 Å². The fraction of sp³-hybridized carbons (Fsp3) is 0.625. The van der Waals surface area contributed by atoms with Crippen molar-refractivity contribution in [3.8, 4) is 0 Å². The molecule has 0 aliphatic rings. The number of benzene rings is 1. The zero-order valence-corrected chi connectivity index (χ0v) is 12.3. The Balaban J connectivity index is 2.38. The maximum atomic E-state index is 10.0. The number of aliphatic hydroxyl groups excluding tert-OH is 2. The van der Waals surface area contributed by atoms with Crippen LogP contribution in [0.2, 0.25) is 0 Å². The highest BCUT2D eigenvalue weighted by Gasteiger charge is 2.09. The molecule has 2 atom stereocenters. The van der Waals surface area contributed by atoms with Gasteiger partial charge in [0.05, 0.1) is 12.2 Å². The van der Waals surface area contributed by atoms with Gasteiger partial charge in [-0.25, -0.2) is 0 Å². The van der Waals surface area contributed by atoms with Crippen LogP contribution in [0, 0.1) is 0 Å². The number of hydrogen-bond donors (Lipinski definition) is 3. The van der Waals surface area contributed by atoms with Crippen molar-refractivity contribution in [3.63, 3.8) is 0 Å². The third-order valence-electron chi connectivity index (χ3n) is 3.33. The molecule has 0 aliphatic heterocycles. The van der Waals surface area contributed by atoms with E-state index in [-0.39, 0.29) is 6.10 Å². The van der Waals surface area contributed by atoms with Gasteiger partial charge in [-0.15, -0.1) is 0 Å². The van der Waals surface area contributed by atoms with Crippen molar-refractivity contribution in [1.29, 1.82) is 0 Å². The normalized spacial score (nSPS) is 14.6. The average molecular weight is 265 g/mol. The van der Waals surface area contributed by atoms with Crippen LogP contribution in [0.15, 0.2) is 24.3 Å². The first kappa shape index (κ1) is 16.2. The summed E-state index contributed by atoms with van der Waals surface area (Å²) in [5.74, 6) is 0.508. The molecule has 0 spiro atoms. The van der Waals surface area contributed by atoms with Crippen molar-refractivity contribution in [3.05, 3.63) is 35.4 Å². The molecular weight excluding hydrogens is 238 g/mol. The van der Waals surface area contributed by atoms with Gasteiger partial charge in [-0.1, -0.05) is 51.5 Å². The summed E-state index contributed by atoms with van der Waals surface area (Å²) < 4.78 is 0. The van der Waals surface area contributed by atoms with Crippen LogP contribution in [0.3, 0.4) is 0 Å². The molecule has 0 saturated carbocycles. The smallest absolute Gasteiger partial charge is 0.0914 e. The molecule has 2 unspecified atom stereocenters. The maximum Gasteiger partial charge on any atom is 0.0914 e. The van der Waals surface area contributed by atoms with Crippen LogP contribution in [-0.4, -0.2) is 29.4 Å². The minimum Gasteiger partial charge on any atom is -0.392 e. The molecule has 0 aromatic heterocycles. The number of nitrogens with one attached hydrogen (secondary N) is 1. The summed E-state index contributed by atoms with van der Waals surface area (Å²) in [5.41, 5.74) is 2.20. The predicted molar refractivity (Wildman–Crippen MR) is 79.3 cm³/mol. The Bertz CT molecular complexity index is 348. The van der Waals surface area contributed by atoms with Crippen LogP contribution in [0.1, 0.15) is 56.8 Å². The largest absolute Gasteiger partial charge is 0.392 e. The summed E-state index contributed by atoms with van der Waals surface area (Å²) in [5, 5.41) is 22.7. The summed E-state index contributed by atoms with van der Waals surface area (Å²) >= 11 is 0.